The van der Waals surface area contributed by atoms with Crippen LogP contribution >= 0.6 is 0 Å². The van der Waals surface area contributed by atoms with Gasteiger partial charge in [-0.3, -0.25) is 9.69 Å². The number of likely N-dealkylation sites (N-methyl/N-ethyl adjacent to an activating group) is 1. The van der Waals surface area contributed by atoms with Crippen molar-refractivity contribution in [2.45, 2.75) is 27.7 Å². The van der Waals surface area contributed by atoms with Crippen LogP contribution in [0.1, 0.15) is 36.7 Å². The number of hydrogen-bond acceptors (Lipinski definition) is 2. The van der Waals surface area contributed by atoms with Gasteiger partial charge in [0.25, 0.3) is 0 Å². The molecule has 1 aromatic rings. The number of carbonyl (C=O) groups is 1. The molecule has 0 bridgehead atoms. The summed E-state index contributed by atoms with van der Waals surface area (Å²) in [5, 5.41) is 0. The van der Waals surface area contributed by atoms with E-state index >= 15 is 0 Å². The van der Waals surface area contributed by atoms with E-state index in [0.717, 1.165) is 17.7 Å². The molecule has 0 saturated heterocycles. The average molecular weight is 283 g/mol. The molecule has 0 aliphatic rings. The maximum atomic E-state index is 12.2. The summed E-state index contributed by atoms with van der Waals surface area (Å²) < 4.78 is 0. The van der Waals surface area contributed by atoms with Crippen LogP contribution < -0.4 is 0 Å². The van der Waals surface area contributed by atoms with E-state index in [0.29, 0.717) is 6.54 Å². The molecule has 1 rings (SSSR count). The molecule has 0 aliphatic heterocycles. The molecule has 0 saturated carbocycles. The van der Waals surface area contributed by atoms with Crippen molar-refractivity contribution in [1.29, 1.82) is 0 Å². The summed E-state index contributed by atoms with van der Waals surface area (Å²) in [6.07, 6.45) is 3.85. The molecule has 0 radical (unpaired) electrons. The molecule has 0 unspecified atom stereocenters. The Hall–Kier alpha value is -1.85. The van der Waals surface area contributed by atoms with E-state index in [2.05, 4.69) is 32.6 Å². The molecule has 0 aliphatic carbocycles. The molecule has 0 amide bonds. The van der Waals surface area contributed by atoms with Gasteiger partial charge in [0, 0.05) is 17.5 Å². The molecule has 0 fully saturated rings. The van der Waals surface area contributed by atoms with Crippen molar-refractivity contribution >= 4 is 5.78 Å². The van der Waals surface area contributed by atoms with Crippen molar-refractivity contribution in [3.05, 3.63) is 47.5 Å². The van der Waals surface area contributed by atoms with Crippen LogP contribution in [0, 0.1) is 24.2 Å². The van der Waals surface area contributed by atoms with Gasteiger partial charge in [0.15, 0.2) is 5.78 Å². The quantitative estimate of drug-likeness (QED) is 0.606. The third-order valence-corrected chi connectivity index (χ3v) is 2.92. The Morgan fingerprint density at radius 1 is 1.29 bits per heavy atom. The Morgan fingerprint density at radius 2 is 1.95 bits per heavy atom. The Kier molecular flexibility index (Phi) is 6.39. The highest BCUT2D eigenvalue weighted by Crippen LogP contribution is 2.10. The lowest BCUT2D eigenvalue weighted by Crippen LogP contribution is -2.26. The molecule has 0 N–H and O–H groups in total. The van der Waals surface area contributed by atoms with Crippen molar-refractivity contribution in [3.8, 4) is 11.8 Å². The molecule has 0 aromatic heterocycles. The van der Waals surface area contributed by atoms with Gasteiger partial charge in [-0.05, 0) is 46.4 Å². The second kappa shape index (κ2) is 7.81. The molecule has 2 heteroatoms. The fourth-order valence-corrected chi connectivity index (χ4v) is 1.83. The van der Waals surface area contributed by atoms with Crippen LogP contribution in [0.2, 0.25) is 0 Å². The average Bonchev–Trinajstić information content (AvgIpc) is 2.37. The number of aryl methyl sites for hydroxylation is 1. The fourth-order valence-electron chi connectivity index (χ4n) is 1.83. The zero-order chi connectivity index (χ0) is 15.9. The van der Waals surface area contributed by atoms with E-state index in [4.69, 9.17) is 0 Å². The highest BCUT2D eigenvalue weighted by atomic mass is 16.1. The van der Waals surface area contributed by atoms with Gasteiger partial charge in [-0.2, -0.15) is 0 Å². The first kappa shape index (κ1) is 17.2. The van der Waals surface area contributed by atoms with Crippen molar-refractivity contribution in [2.75, 3.05) is 20.1 Å². The Morgan fingerprint density at radius 3 is 2.57 bits per heavy atom. The predicted molar refractivity (Wildman–Crippen MR) is 89.4 cm³/mol. The topological polar surface area (TPSA) is 20.3 Å². The molecular weight excluding hydrogens is 258 g/mol. The van der Waals surface area contributed by atoms with Crippen molar-refractivity contribution in [3.63, 3.8) is 0 Å². The van der Waals surface area contributed by atoms with Gasteiger partial charge in [-0.25, -0.2) is 0 Å². The van der Waals surface area contributed by atoms with Gasteiger partial charge in [0.1, 0.15) is 0 Å². The highest BCUT2D eigenvalue weighted by Gasteiger charge is 2.10. The van der Waals surface area contributed by atoms with Crippen LogP contribution in [-0.4, -0.2) is 30.8 Å². The SMILES string of the molecule is Cc1ccccc1C(=O)CN(C)C/C=C/C#CC(C)(C)C. The molecule has 0 heterocycles. The molecule has 2 nitrogen and oxygen atoms in total. The second-order valence-electron chi connectivity index (χ2n) is 6.36. The van der Waals surface area contributed by atoms with E-state index in [1.807, 2.05) is 55.3 Å². The van der Waals surface area contributed by atoms with Gasteiger partial charge >= 0.3 is 0 Å². The van der Waals surface area contributed by atoms with E-state index in [1.165, 1.54) is 0 Å². The second-order valence-corrected chi connectivity index (χ2v) is 6.36. The highest BCUT2D eigenvalue weighted by molar-refractivity contribution is 5.98. The standard InChI is InChI=1S/C19H25NO/c1-16-11-7-8-12-17(16)18(21)15-20(5)14-10-6-9-13-19(2,3)4/h6-8,10-12H,14-15H2,1-5H3/b10-6+. The van der Waals surface area contributed by atoms with E-state index < -0.39 is 0 Å². The zero-order valence-corrected chi connectivity index (χ0v) is 13.7. The van der Waals surface area contributed by atoms with Gasteiger partial charge < -0.3 is 0 Å². The van der Waals surface area contributed by atoms with Crippen LogP contribution in [0.25, 0.3) is 0 Å². The maximum Gasteiger partial charge on any atom is 0.177 e. The van der Waals surface area contributed by atoms with Crippen molar-refractivity contribution in [1.82, 2.24) is 4.90 Å². The molecule has 112 valence electrons. The molecule has 0 atom stereocenters. The first-order valence-electron chi connectivity index (χ1n) is 7.24. The number of allylic oxidation sites excluding steroid dienone is 1. The minimum absolute atomic E-state index is 0.0248. The number of nitrogens with zero attached hydrogens (tertiary/aromatic N) is 1. The number of benzene rings is 1. The third kappa shape index (κ3) is 6.92. The monoisotopic (exact) mass is 283 g/mol. The summed E-state index contributed by atoms with van der Waals surface area (Å²) in [6.45, 7) is 9.36. The Labute approximate surface area is 128 Å². The van der Waals surface area contributed by atoms with Gasteiger partial charge in [-0.15, -0.1) is 0 Å². The van der Waals surface area contributed by atoms with Gasteiger partial charge in [0.05, 0.1) is 6.54 Å². The normalized spacial score (nSPS) is 11.5. The van der Waals surface area contributed by atoms with Gasteiger partial charge in [-0.1, -0.05) is 42.2 Å². The Bertz CT molecular complexity index is 567. The summed E-state index contributed by atoms with van der Waals surface area (Å²) >= 11 is 0. The fraction of sp³-hybridized carbons (Fsp3) is 0.421. The van der Waals surface area contributed by atoms with E-state index in [1.54, 1.807) is 0 Å². The summed E-state index contributed by atoms with van der Waals surface area (Å²) in [4.78, 5) is 14.2. The lowest BCUT2D eigenvalue weighted by molar-refractivity contribution is 0.0951. The first-order chi connectivity index (χ1) is 9.79. The van der Waals surface area contributed by atoms with Gasteiger partial charge in [0.2, 0.25) is 0 Å². The predicted octanol–water partition coefficient (Wildman–Crippen LogP) is 3.72. The molecular formula is C19H25NO. The number of ketones is 1. The largest absolute Gasteiger partial charge is 0.295 e. The minimum atomic E-state index is 0.0248. The lowest BCUT2D eigenvalue weighted by Gasteiger charge is -2.14. The number of hydrogen-bond donors (Lipinski definition) is 0. The Balaban J connectivity index is 2.49. The summed E-state index contributed by atoms with van der Waals surface area (Å²) in [7, 11) is 1.94. The zero-order valence-electron chi connectivity index (χ0n) is 13.7. The smallest absolute Gasteiger partial charge is 0.177 e. The number of Topliss-reactive ketones (excluding diaryl/α,β-unsaturated/α-hetero) is 1. The number of carbonyl (C=O) groups excluding carboxylic acids is 1. The van der Waals surface area contributed by atoms with Crippen LogP contribution in [0.15, 0.2) is 36.4 Å². The summed E-state index contributed by atoms with van der Waals surface area (Å²) in [5.41, 5.74) is 1.86. The van der Waals surface area contributed by atoms with Crippen LogP contribution in [-0.2, 0) is 0 Å². The van der Waals surface area contributed by atoms with Crippen LogP contribution in [0.5, 0.6) is 0 Å². The molecule has 1 aromatic carbocycles. The van der Waals surface area contributed by atoms with E-state index in [-0.39, 0.29) is 11.2 Å². The summed E-state index contributed by atoms with van der Waals surface area (Å²) in [6, 6.07) is 7.71. The third-order valence-electron chi connectivity index (χ3n) is 2.92. The number of rotatable bonds is 5. The van der Waals surface area contributed by atoms with Crippen LogP contribution in [0.3, 0.4) is 0 Å². The molecule has 21 heavy (non-hydrogen) atoms. The van der Waals surface area contributed by atoms with Crippen molar-refractivity contribution < 1.29 is 4.79 Å². The van der Waals surface area contributed by atoms with E-state index in [9.17, 15) is 4.79 Å². The van der Waals surface area contributed by atoms with Crippen LogP contribution in [0.4, 0.5) is 0 Å². The molecule has 0 spiro atoms. The first-order valence-corrected chi connectivity index (χ1v) is 7.24. The minimum Gasteiger partial charge on any atom is -0.295 e. The lowest BCUT2D eigenvalue weighted by atomic mass is 9.98. The van der Waals surface area contributed by atoms with Crippen molar-refractivity contribution in [2.24, 2.45) is 5.41 Å². The maximum absolute atomic E-state index is 12.2. The summed E-state index contributed by atoms with van der Waals surface area (Å²) in [5.74, 6) is 6.34.